The molecule has 5 rings (SSSR count). The van der Waals surface area contributed by atoms with Gasteiger partial charge in [-0.25, -0.2) is 0 Å². The zero-order chi connectivity index (χ0) is 46.1. The van der Waals surface area contributed by atoms with Gasteiger partial charge in [0, 0.05) is 36.8 Å². The van der Waals surface area contributed by atoms with E-state index in [1.807, 2.05) is 99.6 Å². The minimum absolute atomic E-state index is 0.101. The number of carbonyl (C=O) groups is 2. The van der Waals surface area contributed by atoms with Crippen LogP contribution in [-0.4, -0.2) is 107 Å². The number of hydrogen-bond acceptors (Lipinski definition) is 11. The zero-order valence-electron chi connectivity index (χ0n) is 39.3. The van der Waals surface area contributed by atoms with Crippen molar-refractivity contribution in [3.63, 3.8) is 0 Å². The molecule has 3 aromatic carbocycles. The summed E-state index contributed by atoms with van der Waals surface area (Å²) in [6.07, 6.45) is -4.25. The molecular weight excluding hydrogens is 801 g/mol. The van der Waals surface area contributed by atoms with E-state index in [-0.39, 0.29) is 31.6 Å². The topological polar surface area (TPSA) is 142 Å². The van der Waals surface area contributed by atoms with Gasteiger partial charge in [0.05, 0.1) is 50.3 Å². The van der Waals surface area contributed by atoms with Crippen LogP contribution in [-0.2, 0) is 57.9 Å². The van der Waals surface area contributed by atoms with E-state index in [1.54, 1.807) is 27.9 Å². The molecule has 0 aliphatic carbocycles. The van der Waals surface area contributed by atoms with Crippen LogP contribution in [0.4, 0.5) is 0 Å². The number of nitrogens with zero attached hydrogens (tertiary/aromatic N) is 2. The Balaban J connectivity index is 1.60. The van der Waals surface area contributed by atoms with Gasteiger partial charge in [-0.15, -0.1) is 0 Å². The fraction of sp³-hybridized carbons (Fsp3) is 0.588. The van der Waals surface area contributed by atoms with Crippen molar-refractivity contribution < 1.29 is 52.8 Å². The van der Waals surface area contributed by atoms with Crippen LogP contribution in [0.1, 0.15) is 91.3 Å². The van der Waals surface area contributed by atoms with Gasteiger partial charge in [0.1, 0.15) is 36.8 Å². The average Bonchev–Trinajstić information content (AvgIpc) is 3.27. The van der Waals surface area contributed by atoms with Crippen LogP contribution in [0.25, 0.3) is 0 Å². The van der Waals surface area contributed by atoms with E-state index < -0.39 is 77.3 Å². The largest absolute Gasteiger partial charge is 0.459 e. The lowest BCUT2D eigenvalue weighted by Crippen LogP contribution is -2.64. The Labute approximate surface area is 375 Å². The van der Waals surface area contributed by atoms with Crippen molar-refractivity contribution in [2.45, 2.75) is 148 Å². The molecule has 2 aliphatic heterocycles. The van der Waals surface area contributed by atoms with E-state index in [2.05, 4.69) is 31.4 Å². The summed E-state index contributed by atoms with van der Waals surface area (Å²) < 4.78 is 33.9. The highest BCUT2D eigenvalue weighted by atomic mass is 16.7. The van der Waals surface area contributed by atoms with Crippen LogP contribution in [0.5, 0.6) is 0 Å². The molecule has 2 fully saturated rings. The highest BCUT2D eigenvalue weighted by Crippen LogP contribution is 2.40. The van der Waals surface area contributed by atoms with Crippen LogP contribution >= 0.6 is 0 Å². The highest BCUT2D eigenvalue weighted by Gasteiger charge is 2.54. The van der Waals surface area contributed by atoms with Crippen LogP contribution in [0.2, 0.25) is 0 Å². The van der Waals surface area contributed by atoms with Crippen molar-refractivity contribution in [2.24, 2.45) is 28.8 Å². The maximum absolute atomic E-state index is 14.7. The summed E-state index contributed by atoms with van der Waals surface area (Å²) in [5.74, 6) is -4.62. The number of aliphatic hydroxyl groups is 2. The molecule has 12 nitrogen and oxygen atoms in total. The van der Waals surface area contributed by atoms with Gasteiger partial charge >= 0.3 is 5.97 Å². The zero-order valence-corrected chi connectivity index (χ0v) is 39.3. The fourth-order valence-electron chi connectivity index (χ4n) is 9.65. The first-order valence-electron chi connectivity index (χ1n) is 22.6. The maximum atomic E-state index is 14.7. The van der Waals surface area contributed by atoms with E-state index in [0.717, 1.165) is 17.7 Å². The molecule has 0 amide bonds. The maximum Gasteiger partial charge on any atom is 0.316 e. The summed E-state index contributed by atoms with van der Waals surface area (Å²) in [5, 5.41) is 28.5. The molecule has 13 atom stereocenters. The molecule has 0 saturated carbocycles. The third kappa shape index (κ3) is 12.2. The molecule has 0 spiro atoms. The van der Waals surface area contributed by atoms with Crippen LogP contribution < -0.4 is 0 Å². The number of Topliss-reactive ketones (excluding diaryl/α,β-unsaturated/α-hetero) is 1. The minimum atomic E-state index is -1.91. The fourth-order valence-corrected chi connectivity index (χ4v) is 9.65. The van der Waals surface area contributed by atoms with Gasteiger partial charge in [-0.1, -0.05) is 124 Å². The first-order chi connectivity index (χ1) is 29.8. The van der Waals surface area contributed by atoms with Gasteiger partial charge in [-0.05, 0) is 51.7 Å². The third-order valence-corrected chi connectivity index (χ3v) is 13.5. The van der Waals surface area contributed by atoms with Crippen molar-refractivity contribution >= 4 is 17.5 Å². The molecule has 2 heterocycles. The predicted octanol–water partition coefficient (Wildman–Crippen LogP) is 7.67. The number of aliphatic hydroxyl groups excluding tert-OH is 1. The van der Waals surface area contributed by atoms with Crippen molar-refractivity contribution in [3.8, 4) is 0 Å². The number of rotatable bonds is 13. The molecule has 12 heteroatoms. The first-order valence-corrected chi connectivity index (χ1v) is 22.6. The summed E-state index contributed by atoms with van der Waals surface area (Å²) in [4.78, 5) is 34.6. The molecule has 3 aromatic rings. The highest BCUT2D eigenvalue weighted by molar-refractivity contribution is 6.00. The molecule has 2 N–H and O–H groups in total. The second kappa shape index (κ2) is 21.8. The quantitative estimate of drug-likeness (QED) is 0.0761. The van der Waals surface area contributed by atoms with Crippen molar-refractivity contribution in [3.05, 3.63) is 108 Å². The first kappa shape index (κ1) is 50.0. The number of cyclic esters (lactones) is 1. The summed E-state index contributed by atoms with van der Waals surface area (Å²) in [6, 6.07) is 29.8. The second-order valence-corrected chi connectivity index (χ2v) is 19.0. The minimum Gasteiger partial charge on any atom is -0.459 e. The lowest BCUT2D eigenvalue weighted by molar-refractivity contribution is -0.934. The van der Waals surface area contributed by atoms with Crippen LogP contribution in [0.3, 0.4) is 0 Å². The Hall–Kier alpha value is -4.01. The average molecular weight is 874 g/mol. The lowest BCUT2D eigenvalue weighted by atomic mass is 9.74. The Kier molecular flexibility index (Phi) is 17.3. The lowest BCUT2D eigenvalue weighted by Gasteiger charge is -2.50. The van der Waals surface area contributed by atoms with Gasteiger partial charge in [0.2, 0.25) is 0 Å². The summed E-state index contributed by atoms with van der Waals surface area (Å²) in [7, 11) is 5.98. The Bertz CT molecular complexity index is 1930. The summed E-state index contributed by atoms with van der Waals surface area (Å²) in [6.45, 7) is 15.3. The number of carbonyl (C=O) groups excluding carboxylic acids is 2. The molecule has 346 valence electrons. The van der Waals surface area contributed by atoms with Crippen molar-refractivity contribution in [1.29, 1.82) is 0 Å². The molecule has 63 heavy (non-hydrogen) atoms. The van der Waals surface area contributed by atoms with Gasteiger partial charge in [0.25, 0.3) is 0 Å². The smallest absolute Gasteiger partial charge is 0.316 e. The number of esters is 1. The Morgan fingerprint density at radius 1 is 0.825 bits per heavy atom. The van der Waals surface area contributed by atoms with Gasteiger partial charge in [-0.2, -0.15) is 0 Å². The number of methoxy groups -OCH3 is 1. The third-order valence-electron chi connectivity index (χ3n) is 13.5. The molecule has 0 radical (unpaired) electrons. The Morgan fingerprint density at radius 3 is 1.94 bits per heavy atom. The summed E-state index contributed by atoms with van der Waals surface area (Å²) in [5.41, 5.74) is 0.404. The molecule has 2 aliphatic rings. The van der Waals surface area contributed by atoms with E-state index in [1.165, 1.54) is 19.4 Å². The predicted molar refractivity (Wildman–Crippen MR) is 242 cm³/mol. The number of quaternary nitrogens is 1. The number of ketones is 1. The van der Waals surface area contributed by atoms with Gasteiger partial charge in [-0.3, -0.25) is 9.59 Å². The number of oxime groups is 1. The van der Waals surface area contributed by atoms with E-state index in [4.69, 9.17) is 28.5 Å². The van der Waals surface area contributed by atoms with Crippen LogP contribution in [0, 0.1) is 23.7 Å². The van der Waals surface area contributed by atoms with E-state index in [0.29, 0.717) is 23.2 Å². The summed E-state index contributed by atoms with van der Waals surface area (Å²) >= 11 is 0. The number of hydrogen-bond donors (Lipinski definition) is 2. The van der Waals surface area contributed by atoms with Gasteiger partial charge < -0.3 is 43.2 Å². The van der Waals surface area contributed by atoms with Crippen molar-refractivity contribution in [1.82, 2.24) is 0 Å². The monoisotopic (exact) mass is 874 g/mol. The Morgan fingerprint density at radius 2 is 1.38 bits per heavy atom. The van der Waals surface area contributed by atoms with Crippen molar-refractivity contribution in [2.75, 3.05) is 21.2 Å². The SMILES string of the molecule is CCC1OC(=O)[C@H](C)C(=O)[C@H](C)[C@@H](O[C@@H]2O[C@H](C)C[C@H]([N+](C)(C)Cc3ccccc3)[C@H]2OCc2ccccc2)[C@](C)(OC)C[C@@H](C)/C(=N\OCc2ccccc2)[C@H](C)[C@@H](O)[C@]1(C)O. The standard InChI is InChI=1S/C51H73N2O10/c1-12-42-51(8,57)46(55)35(4)43(52-60-32-40-26-20-15-21-27-40)33(2)29-50(7,58-11)47(36(5)44(54)37(6)48(56)62-42)63-49-45(59-31-39-24-18-14-19-25-39)41(28-34(3)61-49)53(9,10)30-38-22-16-13-17-23-38/h13-27,33-37,41-42,45-47,49,55,57H,12,28-32H2,1-11H3/q+1/b52-43+/t33-,34-,35+,36+,37-,41+,42?,45-,46-,47-,49+,50-,51-/m1/s1. The van der Waals surface area contributed by atoms with Gasteiger partial charge in [0.15, 0.2) is 18.2 Å². The molecule has 1 unspecified atom stereocenters. The van der Waals surface area contributed by atoms with E-state index >= 15 is 0 Å². The number of ether oxygens (including phenoxy) is 5. The number of likely N-dealkylation sites (N-methyl/N-ethyl adjacent to an activating group) is 1. The molecular formula is C51H73N2O10+. The number of benzene rings is 3. The normalized spacial score (nSPS) is 34.6. The van der Waals surface area contributed by atoms with E-state index in [9.17, 15) is 19.8 Å². The molecule has 2 saturated heterocycles. The molecule has 0 aromatic heterocycles. The molecule has 0 bridgehead atoms. The second-order valence-electron chi connectivity index (χ2n) is 19.0. The van der Waals surface area contributed by atoms with Crippen LogP contribution in [0.15, 0.2) is 96.2 Å².